The fraction of sp³-hybridized carbons (Fsp3) is 0.294. The lowest BCUT2D eigenvalue weighted by atomic mass is 9.99. The van der Waals surface area contributed by atoms with Gasteiger partial charge in [0, 0.05) is 16.6 Å². The van der Waals surface area contributed by atoms with Crippen LogP contribution in [0, 0.1) is 0 Å². The Labute approximate surface area is 147 Å². The van der Waals surface area contributed by atoms with Crippen LogP contribution in [0.1, 0.15) is 37.3 Å². The van der Waals surface area contributed by atoms with Crippen LogP contribution in [-0.4, -0.2) is 8.42 Å². The van der Waals surface area contributed by atoms with E-state index < -0.39 is 10.0 Å². The third-order valence-corrected chi connectivity index (χ3v) is 5.84. The number of rotatable bonds is 6. The van der Waals surface area contributed by atoms with Crippen molar-refractivity contribution in [1.29, 1.82) is 0 Å². The molecule has 0 amide bonds. The number of hydrogen-bond acceptors (Lipinski definition) is 2. The van der Waals surface area contributed by atoms with Crippen molar-refractivity contribution in [3.05, 3.63) is 63.6 Å². The third-order valence-electron chi connectivity index (χ3n) is 3.84. The van der Waals surface area contributed by atoms with Crippen molar-refractivity contribution in [2.24, 2.45) is 0 Å². The van der Waals surface area contributed by atoms with Crippen LogP contribution < -0.4 is 4.72 Å². The van der Waals surface area contributed by atoms with Gasteiger partial charge in [-0.3, -0.25) is 0 Å². The van der Waals surface area contributed by atoms with Gasteiger partial charge < -0.3 is 0 Å². The second-order valence-electron chi connectivity index (χ2n) is 5.44. The number of sulfonamides is 1. The van der Waals surface area contributed by atoms with E-state index in [1.54, 1.807) is 30.3 Å². The molecule has 6 heteroatoms. The highest BCUT2D eigenvalue weighted by Crippen LogP contribution is 2.22. The Bertz CT molecular complexity index is 774. The Balaban J connectivity index is 2.12. The second-order valence-corrected chi connectivity index (χ2v) is 8.05. The molecule has 0 spiro atoms. The van der Waals surface area contributed by atoms with E-state index in [9.17, 15) is 8.42 Å². The summed E-state index contributed by atoms with van der Waals surface area (Å²) in [6.45, 7) is 4.34. The average molecular weight is 372 g/mol. The zero-order valence-electron chi connectivity index (χ0n) is 13.0. The minimum Gasteiger partial charge on any atom is -0.207 e. The molecule has 0 bridgehead atoms. The molecule has 0 fully saturated rings. The van der Waals surface area contributed by atoms with Crippen molar-refractivity contribution in [3.8, 4) is 0 Å². The predicted molar refractivity (Wildman–Crippen MR) is 95.6 cm³/mol. The predicted octanol–water partition coefficient (Wildman–Crippen LogP) is 4.99. The van der Waals surface area contributed by atoms with E-state index in [2.05, 4.69) is 18.6 Å². The molecule has 2 aromatic carbocycles. The van der Waals surface area contributed by atoms with Crippen molar-refractivity contribution in [2.45, 2.75) is 37.6 Å². The first-order valence-corrected chi connectivity index (χ1v) is 9.61. The normalized spacial score (nSPS) is 13.0. The van der Waals surface area contributed by atoms with Crippen LogP contribution in [0.5, 0.6) is 0 Å². The maximum Gasteiger partial charge on any atom is 0.240 e. The summed E-state index contributed by atoms with van der Waals surface area (Å²) in [4.78, 5) is 0.245. The Kier molecular flexibility index (Phi) is 6.09. The Morgan fingerprint density at radius 1 is 1.09 bits per heavy atom. The van der Waals surface area contributed by atoms with E-state index in [0.717, 1.165) is 12.0 Å². The van der Waals surface area contributed by atoms with Gasteiger partial charge in [-0.05, 0) is 47.7 Å². The van der Waals surface area contributed by atoms with Crippen LogP contribution in [-0.2, 0) is 16.6 Å². The maximum atomic E-state index is 12.4. The third kappa shape index (κ3) is 4.70. The monoisotopic (exact) mass is 371 g/mol. The zero-order chi connectivity index (χ0) is 17.0. The molecule has 0 radical (unpaired) electrons. The topological polar surface area (TPSA) is 46.2 Å². The Morgan fingerprint density at radius 2 is 1.74 bits per heavy atom. The van der Waals surface area contributed by atoms with Crippen LogP contribution >= 0.6 is 23.2 Å². The highest BCUT2D eigenvalue weighted by Gasteiger charge is 2.15. The minimum atomic E-state index is -3.58. The molecule has 0 aromatic heterocycles. The summed E-state index contributed by atoms with van der Waals surface area (Å²) in [5, 5.41) is 0.953. The molecule has 124 valence electrons. The van der Waals surface area contributed by atoms with Gasteiger partial charge in [-0.1, -0.05) is 55.2 Å². The van der Waals surface area contributed by atoms with E-state index in [4.69, 9.17) is 23.2 Å². The van der Waals surface area contributed by atoms with Crippen molar-refractivity contribution in [3.63, 3.8) is 0 Å². The van der Waals surface area contributed by atoms with Gasteiger partial charge in [0.15, 0.2) is 0 Å². The van der Waals surface area contributed by atoms with E-state index >= 15 is 0 Å². The molecule has 0 heterocycles. The van der Waals surface area contributed by atoms with E-state index in [-0.39, 0.29) is 11.4 Å². The number of benzene rings is 2. The smallest absolute Gasteiger partial charge is 0.207 e. The molecule has 1 unspecified atom stereocenters. The summed E-state index contributed by atoms with van der Waals surface area (Å²) >= 11 is 11.9. The van der Waals surface area contributed by atoms with Gasteiger partial charge in [0.1, 0.15) is 0 Å². The van der Waals surface area contributed by atoms with Crippen molar-refractivity contribution >= 4 is 33.2 Å². The second kappa shape index (κ2) is 7.67. The van der Waals surface area contributed by atoms with Gasteiger partial charge in [0.25, 0.3) is 0 Å². The molecule has 2 aromatic rings. The largest absolute Gasteiger partial charge is 0.240 e. The first kappa shape index (κ1) is 18.3. The summed E-state index contributed by atoms with van der Waals surface area (Å²) in [7, 11) is -3.58. The van der Waals surface area contributed by atoms with E-state index in [1.807, 2.05) is 12.1 Å². The van der Waals surface area contributed by atoms with Gasteiger partial charge in [-0.25, -0.2) is 13.1 Å². The standard InChI is InChI=1S/C17H19Cl2NO2S/c1-3-12(2)13-5-8-16(9-6-13)23(21,22)20-11-14-4-7-15(18)10-17(14)19/h4-10,12,20H,3,11H2,1-2H3. The SMILES string of the molecule is CCC(C)c1ccc(S(=O)(=O)NCc2ccc(Cl)cc2Cl)cc1. The van der Waals surface area contributed by atoms with Crippen molar-refractivity contribution in [2.75, 3.05) is 0 Å². The molecule has 0 aliphatic heterocycles. The fourth-order valence-electron chi connectivity index (χ4n) is 2.13. The lowest BCUT2D eigenvalue weighted by Gasteiger charge is -2.11. The molecule has 3 nitrogen and oxygen atoms in total. The molecule has 0 aliphatic carbocycles. The van der Waals surface area contributed by atoms with E-state index in [1.165, 1.54) is 0 Å². The molecular weight excluding hydrogens is 353 g/mol. The van der Waals surface area contributed by atoms with Gasteiger partial charge >= 0.3 is 0 Å². The first-order valence-electron chi connectivity index (χ1n) is 7.37. The number of halogens is 2. The van der Waals surface area contributed by atoms with Gasteiger partial charge in [0.2, 0.25) is 10.0 Å². The first-order chi connectivity index (χ1) is 10.8. The van der Waals surface area contributed by atoms with Crippen LogP contribution in [0.3, 0.4) is 0 Å². The molecule has 23 heavy (non-hydrogen) atoms. The highest BCUT2D eigenvalue weighted by atomic mass is 35.5. The molecule has 0 saturated heterocycles. The summed E-state index contributed by atoms with van der Waals surface area (Å²) in [6, 6.07) is 12.0. The molecule has 1 N–H and O–H groups in total. The van der Waals surface area contributed by atoms with Crippen LogP contribution in [0.25, 0.3) is 0 Å². The van der Waals surface area contributed by atoms with E-state index in [0.29, 0.717) is 21.5 Å². The molecule has 1 atom stereocenters. The number of nitrogens with one attached hydrogen (secondary N) is 1. The van der Waals surface area contributed by atoms with Crippen LogP contribution in [0.15, 0.2) is 47.4 Å². The quantitative estimate of drug-likeness (QED) is 0.777. The average Bonchev–Trinajstić information content (AvgIpc) is 2.53. The minimum absolute atomic E-state index is 0.117. The van der Waals surface area contributed by atoms with Gasteiger partial charge in [-0.2, -0.15) is 0 Å². The van der Waals surface area contributed by atoms with Gasteiger partial charge in [-0.15, -0.1) is 0 Å². The van der Waals surface area contributed by atoms with Crippen molar-refractivity contribution in [1.82, 2.24) is 4.72 Å². The molecular formula is C17H19Cl2NO2S. The Morgan fingerprint density at radius 3 is 2.30 bits per heavy atom. The summed E-state index contributed by atoms with van der Waals surface area (Å²) < 4.78 is 27.3. The lowest BCUT2D eigenvalue weighted by molar-refractivity contribution is 0.581. The number of hydrogen-bond donors (Lipinski definition) is 1. The fourth-order valence-corrected chi connectivity index (χ4v) is 3.61. The van der Waals surface area contributed by atoms with Crippen LogP contribution in [0.4, 0.5) is 0 Å². The summed E-state index contributed by atoms with van der Waals surface area (Å²) in [5.74, 6) is 0.410. The molecule has 2 rings (SSSR count). The van der Waals surface area contributed by atoms with Crippen molar-refractivity contribution < 1.29 is 8.42 Å². The summed E-state index contributed by atoms with van der Waals surface area (Å²) in [6.07, 6.45) is 1.01. The molecule has 0 saturated carbocycles. The highest BCUT2D eigenvalue weighted by molar-refractivity contribution is 7.89. The van der Waals surface area contributed by atoms with Crippen LogP contribution in [0.2, 0.25) is 10.0 Å². The zero-order valence-corrected chi connectivity index (χ0v) is 15.3. The maximum absolute atomic E-state index is 12.4. The lowest BCUT2D eigenvalue weighted by Crippen LogP contribution is -2.23. The summed E-state index contributed by atoms with van der Waals surface area (Å²) in [5.41, 5.74) is 1.81. The molecule has 0 aliphatic rings. The van der Waals surface area contributed by atoms with Gasteiger partial charge in [0.05, 0.1) is 4.90 Å². The Hall–Kier alpha value is -1.07.